The van der Waals surface area contributed by atoms with Gasteiger partial charge in [-0.05, 0) is 20.3 Å². The first-order valence-electron chi connectivity index (χ1n) is 3.58. The summed E-state index contributed by atoms with van der Waals surface area (Å²) < 4.78 is 9.92. The normalized spacial score (nSPS) is 11.3. The second kappa shape index (κ2) is 4.51. The summed E-state index contributed by atoms with van der Waals surface area (Å²) >= 11 is 0. The molecule has 2 radical (unpaired) electrons. The molecule has 0 aliphatic carbocycles. The van der Waals surface area contributed by atoms with Crippen LogP contribution in [0.1, 0.15) is 34.1 Å². The second-order valence-electron chi connectivity index (χ2n) is 2.89. The smallest absolute Gasteiger partial charge is 0.491 e. The monoisotopic (exact) mass is 174 g/mol. The van der Waals surface area contributed by atoms with E-state index in [0.717, 1.165) is 6.42 Å². The molecule has 0 saturated heterocycles. The maximum absolute atomic E-state index is 10.3. The molecule has 0 aliphatic rings. The molecular weight excluding hydrogens is 160 g/mol. The third-order valence-corrected chi connectivity index (χ3v) is 2.36. The number of rotatable bonds is 4. The average Bonchev–Trinajstić information content (AvgIpc) is 1.87. The lowest BCUT2D eigenvalue weighted by molar-refractivity contribution is -0.133. The lowest BCUT2D eigenvalue weighted by atomic mass is 10.1. The topological polar surface area (TPSA) is 35.5 Å². The van der Waals surface area contributed by atoms with Gasteiger partial charge in [0.05, 0.1) is 5.60 Å². The Morgan fingerprint density at radius 1 is 1.55 bits per heavy atom. The fraction of sp³-hybridized carbons (Fsp3) is 0.857. The van der Waals surface area contributed by atoms with Crippen molar-refractivity contribution in [3.8, 4) is 0 Å². The Morgan fingerprint density at radius 2 is 2.09 bits per heavy atom. The van der Waals surface area contributed by atoms with Gasteiger partial charge >= 0.3 is 10.0 Å². The van der Waals surface area contributed by atoms with Crippen LogP contribution in [0.4, 0.5) is 0 Å². The molecule has 11 heavy (non-hydrogen) atoms. The molecule has 0 N–H and O–H groups in total. The van der Waals surface area contributed by atoms with Crippen molar-refractivity contribution in [2.24, 2.45) is 0 Å². The van der Waals surface area contributed by atoms with Crippen LogP contribution in [0.3, 0.4) is 0 Å². The first-order chi connectivity index (χ1) is 4.98. The van der Waals surface area contributed by atoms with Crippen molar-refractivity contribution in [2.75, 3.05) is 0 Å². The highest BCUT2D eigenvalue weighted by Crippen LogP contribution is 2.11. The Kier molecular flexibility index (Phi) is 4.36. The van der Waals surface area contributed by atoms with Crippen LogP contribution in [-0.2, 0) is 13.6 Å². The van der Waals surface area contributed by atoms with E-state index in [1.807, 2.05) is 20.8 Å². The number of carbonyl (C=O) groups excluding carboxylic acids is 1. The van der Waals surface area contributed by atoms with Crippen LogP contribution >= 0.6 is 0 Å². The molecule has 0 rings (SSSR count). The van der Waals surface area contributed by atoms with Crippen molar-refractivity contribution in [3.63, 3.8) is 0 Å². The molecule has 0 heterocycles. The molecule has 0 aromatic heterocycles. The van der Waals surface area contributed by atoms with E-state index in [-0.39, 0.29) is 21.6 Å². The van der Waals surface area contributed by atoms with Crippen molar-refractivity contribution in [1.29, 1.82) is 0 Å². The molecule has 0 aromatic carbocycles. The van der Waals surface area contributed by atoms with E-state index < -0.39 is 0 Å². The predicted molar refractivity (Wildman–Crippen MR) is 43.0 cm³/mol. The van der Waals surface area contributed by atoms with Gasteiger partial charge in [0, 0.05) is 6.92 Å². The molecule has 0 saturated carbocycles. The predicted octanol–water partition coefficient (Wildman–Crippen LogP) is 1.29. The fourth-order valence-corrected chi connectivity index (χ4v) is 0.793. The molecule has 3 nitrogen and oxygen atoms in total. The Morgan fingerprint density at radius 3 is 2.45 bits per heavy atom. The highest BCUT2D eigenvalue weighted by Gasteiger charge is 2.16. The molecule has 64 valence electrons. The van der Waals surface area contributed by atoms with Crippen molar-refractivity contribution in [3.05, 3.63) is 0 Å². The molecule has 4 heteroatoms. The average molecular weight is 174 g/mol. The van der Waals surface area contributed by atoms with Crippen molar-refractivity contribution in [1.82, 2.24) is 0 Å². The first-order valence-corrected chi connectivity index (χ1v) is 4.40. The summed E-state index contributed by atoms with van der Waals surface area (Å²) in [6, 6.07) is 0. The van der Waals surface area contributed by atoms with Gasteiger partial charge < -0.3 is 8.85 Å². The molecular formula is C7H14O3Si. The molecule has 0 aromatic rings. The van der Waals surface area contributed by atoms with Crippen molar-refractivity contribution in [2.45, 2.75) is 39.7 Å². The summed E-state index contributed by atoms with van der Waals surface area (Å²) in [5.74, 6) is -0.296. The maximum atomic E-state index is 10.3. The number of hydrogen-bond donors (Lipinski definition) is 0. The number of carbonyl (C=O) groups is 1. The van der Waals surface area contributed by atoms with Crippen LogP contribution < -0.4 is 0 Å². The van der Waals surface area contributed by atoms with Gasteiger partial charge in [0.1, 0.15) is 0 Å². The van der Waals surface area contributed by atoms with Gasteiger partial charge in [0.15, 0.2) is 0 Å². The van der Waals surface area contributed by atoms with E-state index in [1.165, 1.54) is 6.92 Å². The lowest BCUT2D eigenvalue weighted by Gasteiger charge is -2.21. The zero-order valence-corrected chi connectivity index (χ0v) is 8.43. The Balaban J connectivity index is 3.45. The Bertz CT molecular complexity index is 134. The third-order valence-electron chi connectivity index (χ3n) is 1.35. The second-order valence-corrected chi connectivity index (χ2v) is 3.47. The molecule has 0 amide bonds. The summed E-state index contributed by atoms with van der Waals surface area (Å²) in [4.78, 5) is 10.3. The maximum Gasteiger partial charge on any atom is 0.523 e. The lowest BCUT2D eigenvalue weighted by Crippen LogP contribution is -2.27. The van der Waals surface area contributed by atoms with E-state index in [9.17, 15) is 4.79 Å². The Labute approximate surface area is 70.1 Å². The van der Waals surface area contributed by atoms with Gasteiger partial charge in [-0.15, -0.1) is 0 Å². The minimum atomic E-state index is -0.296. The third kappa shape index (κ3) is 6.06. The minimum Gasteiger partial charge on any atom is -0.491 e. The zero-order chi connectivity index (χ0) is 8.91. The van der Waals surface area contributed by atoms with Crippen LogP contribution in [0.5, 0.6) is 0 Å². The van der Waals surface area contributed by atoms with Gasteiger partial charge in [-0.2, -0.15) is 0 Å². The van der Waals surface area contributed by atoms with Gasteiger partial charge in [0.25, 0.3) is 5.97 Å². The zero-order valence-electron chi connectivity index (χ0n) is 7.43. The van der Waals surface area contributed by atoms with Gasteiger partial charge in [-0.1, -0.05) is 6.92 Å². The standard InChI is InChI=1S/C7H14O3Si/c1-5-7(3,4)10-11-9-6(2)8/h5H2,1-4H3. The molecule has 0 aliphatic heterocycles. The SMILES string of the molecule is CCC(C)(C)O[Si]OC(C)=O. The van der Waals surface area contributed by atoms with Crippen LogP contribution in [0.2, 0.25) is 0 Å². The van der Waals surface area contributed by atoms with E-state index in [4.69, 9.17) is 4.43 Å². The highest BCUT2D eigenvalue weighted by atomic mass is 28.3. The van der Waals surface area contributed by atoms with Gasteiger partial charge in [0.2, 0.25) is 0 Å². The van der Waals surface area contributed by atoms with Crippen molar-refractivity contribution < 1.29 is 13.6 Å². The summed E-state index contributed by atoms with van der Waals surface area (Å²) in [5, 5.41) is 0. The molecule has 0 spiro atoms. The van der Waals surface area contributed by atoms with Gasteiger partial charge in [-0.25, -0.2) is 0 Å². The molecule has 0 fully saturated rings. The summed E-state index contributed by atoms with van der Waals surface area (Å²) in [6.45, 7) is 7.32. The van der Waals surface area contributed by atoms with Crippen LogP contribution in [-0.4, -0.2) is 21.6 Å². The molecule has 0 bridgehead atoms. The van der Waals surface area contributed by atoms with Crippen LogP contribution in [0.25, 0.3) is 0 Å². The fourth-order valence-electron chi connectivity index (χ4n) is 0.264. The first kappa shape index (κ1) is 10.6. The largest absolute Gasteiger partial charge is 0.523 e. The van der Waals surface area contributed by atoms with Crippen LogP contribution in [0, 0.1) is 0 Å². The van der Waals surface area contributed by atoms with Crippen molar-refractivity contribution >= 4 is 16.0 Å². The minimum absolute atomic E-state index is 0.179. The van der Waals surface area contributed by atoms with Gasteiger partial charge in [-0.3, -0.25) is 4.79 Å². The van der Waals surface area contributed by atoms with Crippen LogP contribution in [0.15, 0.2) is 0 Å². The van der Waals surface area contributed by atoms with E-state index in [2.05, 4.69) is 4.43 Å². The van der Waals surface area contributed by atoms with E-state index >= 15 is 0 Å². The van der Waals surface area contributed by atoms with E-state index in [1.54, 1.807) is 0 Å². The highest BCUT2D eigenvalue weighted by molar-refractivity contribution is 6.22. The number of hydrogen-bond acceptors (Lipinski definition) is 3. The Hall–Kier alpha value is -0.353. The summed E-state index contributed by atoms with van der Waals surface area (Å²) in [6.07, 6.45) is 0.904. The van der Waals surface area contributed by atoms with E-state index in [0.29, 0.717) is 0 Å². The summed E-state index contributed by atoms with van der Waals surface area (Å²) in [5.41, 5.74) is -0.187. The summed E-state index contributed by atoms with van der Waals surface area (Å²) in [7, 11) is -0.179. The molecule has 0 unspecified atom stereocenters. The molecule has 0 atom stereocenters. The quantitative estimate of drug-likeness (QED) is 0.602.